The number of piperidine rings is 1. The second kappa shape index (κ2) is 7.38. The van der Waals surface area contributed by atoms with Crippen molar-refractivity contribution < 1.29 is 9.90 Å². The van der Waals surface area contributed by atoms with Crippen molar-refractivity contribution in [3.05, 3.63) is 39.8 Å². The minimum atomic E-state index is -0.295. The van der Waals surface area contributed by atoms with Crippen molar-refractivity contribution in [2.24, 2.45) is 5.92 Å². The van der Waals surface area contributed by atoms with E-state index in [9.17, 15) is 9.90 Å². The van der Waals surface area contributed by atoms with Crippen LogP contribution in [0.4, 0.5) is 5.69 Å². The number of aliphatic hydroxyl groups is 1. The zero-order valence-electron chi connectivity index (χ0n) is 13.9. The molecule has 2 unspecified atom stereocenters. The molecule has 24 heavy (non-hydrogen) atoms. The predicted octanol–water partition coefficient (Wildman–Crippen LogP) is 2.30. The number of aromatic nitrogens is 2. The van der Waals surface area contributed by atoms with Crippen LogP contribution in [0.5, 0.6) is 0 Å². The van der Waals surface area contributed by atoms with Gasteiger partial charge in [0.05, 0.1) is 12.6 Å². The molecule has 2 heterocycles. The Hall–Kier alpha value is -1.83. The zero-order chi connectivity index (χ0) is 17.1. The molecule has 1 aliphatic heterocycles. The summed E-state index contributed by atoms with van der Waals surface area (Å²) in [6.45, 7) is 6.27. The van der Waals surface area contributed by atoms with E-state index in [4.69, 9.17) is 0 Å². The van der Waals surface area contributed by atoms with Gasteiger partial charge in [0.25, 0.3) is 5.91 Å². The number of nitrogens with zero attached hydrogens (tertiary/aromatic N) is 3. The van der Waals surface area contributed by atoms with E-state index in [-0.39, 0.29) is 12.0 Å². The van der Waals surface area contributed by atoms with Crippen molar-refractivity contribution >= 4 is 22.9 Å². The van der Waals surface area contributed by atoms with Crippen molar-refractivity contribution in [1.82, 2.24) is 15.1 Å². The SMILES string of the molecule is Cc1ccc(NC(=O)c2nnc(CN3CCC(C)C(O)C3)s2)cc1. The number of anilines is 1. The first-order valence-corrected chi connectivity index (χ1v) is 8.94. The molecule has 1 amide bonds. The summed E-state index contributed by atoms with van der Waals surface area (Å²) < 4.78 is 0. The van der Waals surface area contributed by atoms with Gasteiger partial charge in [-0.3, -0.25) is 9.69 Å². The van der Waals surface area contributed by atoms with Crippen LogP contribution in [0.2, 0.25) is 0 Å². The first-order valence-electron chi connectivity index (χ1n) is 8.12. The maximum atomic E-state index is 12.2. The van der Waals surface area contributed by atoms with E-state index < -0.39 is 0 Å². The third-order valence-electron chi connectivity index (χ3n) is 4.33. The third kappa shape index (κ3) is 4.17. The van der Waals surface area contributed by atoms with Crippen molar-refractivity contribution in [3.8, 4) is 0 Å². The van der Waals surface area contributed by atoms with Gasteiger partial charge in [0.2, 0.25) is 5.01 Å². The van der Waals surface area contributed by atoms with Crippen LogP contribution in [0.25, 0.3) is 0 Å². The summed E-state index contributed by atoms with van der Waals surface area (Å²) in [6, 6.07) is 7.63. The van der Waals surface area contributed by atoms with Gasteiger partial charge in [-0.1, -0.05) is 36.0 Å². The number of amides is 1. The summed E-state index contributed by atoms with van der Waals surface area (Å²) >= 11 is 1.30. The molecule has 1 fully saturated rings. The molecular formula is C17H22N4O2S. The lowest BCUT2D eigenvalue weighted by atomic mass is 9.96. The second-order valence-corrected chi connectivity index (χ2v) is 7.45. The Bertz CT molecular complexity index is 701. The van der Waals surface area contributed by atoms with Crippen LogP contribution >= 0.6 is 11.3 Å². The van der Waals surface area contributed by atoms with Gasteiger partial charge in [0.1, 0.15) is 5.01 Å². The highest BCUT2D eigenvalue weighted by Crippen LogP contribution is 2.20. The highest BCUT2D eigenvalue weighted by Gasteiger charge is 2.25. The number of nitrogens with one attached hydrogen (secondary N) is 1. The number of aryl methyl sites for hydroxylation is 1. The highest BCUT2D eigenvalue weighted by atomic mass is 32.1. The summed E-state index contributed by atoms with van der Waals surface area (Å²) in [4.78, 5) is 14.4. The maximum Gasteiger partial charge on any atom is 0.286 e. The summed E-state index contributed by atoms with van der Waals surface area (Å²) in [6.07, 6.45) is 0.678. The molecule has 1 aliphatic rings. The molecule has 3 rings (SSSR count). The highest BCUT2D eigenvalue weighted by molar-refractivity contribution is 7.13. The lowest BCUT2D eigenvalue weighted by molar-refractivity contribution is 0.0258. The molecule has 2 N–H and O–H groups in total. The van der Waals surface area contributed by atoms with E-state index >= 15 is 0 Å². The Morgan fingerprint density at radius 3 is 2.83 bits per heavy atom. The number of aliphatic hydroxyl groups excluding tert-OH is 1. The Morgan fingerprint density at radius 1 is 1.38 bits per heavy atom. The third-order valence-corrected chi connectivity index (χ3v) is 5.24. The van der Waals surface area contributed by atoms with E-state index in [1.807, 2.05) is 31.2 Å². The molecule has 128 valence electrons. The molecule has 2 atom stereocenters. The minimum absolute atomic E-state index is 0.241. The summed E-state index contributed by atoms with van der Waals surface area (Å²) in [5.41, 5.74) is 1.89. The Morgan fingerprint density at radius 2 is 2.12 bits per heavy atom. The normalized spacial score (nSPS) is 21.6. The predicted molar refractivity (Wildman–Crippen MR) is 94.1 cm³/mol. The van der Waals surface area contributed by atoms with Gasteiger partial charge in [-0.05, 0) is 37.9 Å². The molecule has 6 nitrogen and oxygen atoms in total. The van der Waals surface area contributed by atoms with Gasteiger partial charge < -0.3 is 10.4 Å². The van der Waals surface area contributed by atoms with E-state index in [0.717, 1.165) is 29.2 Å². The lowest BCUT2D eigenvalue weighted by Crippen LogP contribution is -2.42. The van der Waals surface area contributed by atoms with Crippen LogP contribution in [-0.2, 0) is 6.54 Å². The van der Waals surface area contributed by atoms with Crippen LogP contribution in [-0.4, -0.2) is 45.3 Å². The van der Waals surface area contributed by atoms with Crippen LogP contribution in [0.3, 0.4) is 0 Å². The van der Waals surface area contributed by atoms with Crippen molar-refractivity contribution in [2.75, 3.05) is 18.4 Å². The summed E-state index contributed by atoms with van der Waals surface area (Å²) in [7, 11) is 0. The number of benzene rings is 1. The fraction of sp³-hybridized carbons (Fsp3) is 0.471. The number of hydrogen-bond acceptors (Lipinski definition) is 6. The van der Waals surface area contributed by atoms with Crippen LogP contribution in [0.1, 0.15) is 33.7 Å². The molecule has 1 saturated heterocycles. The number of carbonyl (C=O) groups is 1. The molecule has 0 radical (unpaired) electrons. The molecule has 0 saturated carbocycles. The fourth-order valence-electron chi connectivity index (χ4n) is 2.68. The topological polar surface area (TPSA) is 78.4 Å². The number of rotatable bonds is 4. The van der Waals surface area contributed by atoms with Gasteiger partial charge in [-0.15, -0.1) is 10.2 Å². The first-order chi connectivity index (χ1) is 11.5. The Balaban J connectivity index is 1.58. The van der Waals surface area contributed by atoms with Crippen molar-refractivity contribution in [1.29, 1.82) is 0 Å². The molecule has 7 heteroatoms. The Kier molecular flexibility index (Phi) is 5.23. The maximum absolute atomic E-state index is 12.2. The molecule has 0 bridgehead atoms. The van der Waals surface area contributed by atoms with Gasteiger partial charge in [0, 0.05) is 12.2 Å². The molecule has 0 aliphatic carbocycles. The van der Waals surface area contributed by atoms with Gasteiger partial charge in [0.15, 0.2) is 0 Å². The largest absolute Gasteiger partial charge is 0.392 e. The molecule has 1 aromatic heterocycles. The summed E-state index contributed by atoms with van der Waals surface area (Å²) in [5.74, 6) is 0.0985. The Labute approximate surface area is 145 Å². The number of likely N-dealkylation sites (tertiary alicyclic amines) is 1. The first kappa shape index (κ1) is 17.0. The average Bonchev–Trinajstić information content (AvgIpc) is 3.02. The smallest absolute Gasteiger partial charge is 0.286 e. The van der Waals surface area contributed by atoms with Crippen molar-refractivity contribution in [2.45, 2.75) is 32.9 Å². The average molecular weight is 346 g/mol. The second-order valence-electron chi connectivity index (χ2n) is 6.39. The van der Waals surface area contributed by atoms with Crippen LogP contribution < -0.4 is 5.32 Å². The molecule has 0 spiro atoms. The molecular weight excluding hydrogens is 324 g/mol. The quantitative estimate of drug-likeness (QED) is 0.888. The van der Waals surface area contributed by atoms with Crippen LogP contribution in [0, 0.1) is 12.8 Å². The van der Waals surface area contributed by atoms with Crippen molar-refractivity contribution in [3.63, 3.8) is 0 Å². The van der Waals surface area contributed by atoms with E-state index in [1.54, 1.807) is 0 Å². The number of carbonyl (C=O) groups excluding carboxylic acids is 1. The van der Waals surface area contributed by atoms with Gasteiger partial charge >= 0.3 is 0 Å². The summed E-state index contributed by atoms with van der Waals surface area (Å²) in [5, 5.41) is 22.1. The lowest BCUT2D eigenvalue weighted by Gasteiger charge is -2.33. The van der Waals surface area contributed by atoms with E-state index in [1.165, 1.54) is 11.3 Å². The van der Waals surface area contributed by atoms with Gasteiger partial charge in [-0.2, -0.15) is 0 Å². The standard InChI is InChI=1S/C17H22N4O2S/c1-11-3-5-13(6-4-11)18-16(23)17-20-19-15(24-17)10-21-8-7-12(2)14(22)9-21/h3-6,12,14,22H,7-10H2,1-2H3,(H,18,23). The zero-order valence-corrected chi connectivity index (χ0v) is 14.7. The molecule has 2 aromatic rings. The monoisotopic (exact) mass is 346 g/mol. The molecule has 1 aromatic carbocycles. The van der Waals surface area contributed by atoms with E-state index in [2.05, 4.69) is 27.3 Å². The van der Waals surface area contributed by atoms with E-state index in [0.29, 0.717) is 24.0 Å². The number of hydrogen-bond donors (Lipinski definition) is 2. The van der Waals surface area contributed by atoms with Gasteiger partial charge in [-0.25, -0.2) is 0 Å². The fourth-order valence-corrected chi connectivity index (χ4v) is 3.46. The van der Waals surface area contributed by atoms with Crippen LogP contribution in [0.15, 0.2) is 24.3 Å². The minimum Gasteiger partial charge on any atom is -0.392 e. The number of β-amino-alcohol motifs (C(OH)–C–C–N with tert-alkyl or cyclic N) is 1.